The van der Waals surface area contributed by atoms with Crippen molar-refractivity contribution in [3.05, 3.63) is 95.1 Å². The van der Waals surface area contributed by atoms with Gasteiger partial charge < -0.3 is 4.74 Å². The molecule has 1 saturated heterocycles. The molecule has 5 nitrogen and oxygen atoms in total. The van der Waals surface area contributed by atoms with Crippen molar-refractivity contribution in [1.82, 2.24) is 0 Å². The first-order valence-corrected chi connectivity index (χ1v) is 10.4. The Morgan fingerprint density at radius 1 is 0.710 bits per heavy atom. The van der Waals surface area contributed by atoms with E-state index < -0.39 is 17.8 Å². The van der Waals surface area contributed by atoms with Gasteiger partial charge in [0.05, 0.1) is 17.5 Å². The van der Waals surface area contributed by atoms with Crippen LogP contribution in [0, 0.1) is 11.8 Å². The lowest BCUT2D eigenvalue weighted by atomic mass is 9.55. The molecule has 1 heterocycles. The second kappa shape index (κ2) is 6.38. The minimum absolute atomic E-state index is 0.162. The van der Waals surface area contributed by atoms with E-state index in [0.717, 1.165) is 22.3 Å². The van der Waals surface area contributed by atoms with Gasteiger partial charge in [-0.1, -0.05) is 60.7 Å². The van der Waals surface area contributed by atoms with Gasteiger partial charge in [0.2, 0.25) is 11.8 Å². The first-order valence-electron chi connectivity index (χ1n) is 10.4. The predicted octanol–water partition coefficient (Wildman–Crippen LogP) is 4.01. The fourth-order valence-electron chi connectivity index (χ4n) is 5.80. The number of amides is 2. The highest BCUT2D eigenvalue weighted by Crippen LogP contribution is 2.61. The van der Waals surface area contributed by atoms with E-state index in [1.54, 1.807) is 24.3 Å². The first kappa shape index (κ1) is 18.1. The van der Waals surface area contributed by atoms with Crippen LogP contribution in [0.15, 0.2) is 72.8 Å². The van der Waals surface area contributed by atoms with Crippen molar-refractivity contribution in [3.63, 3.8) is 0 Å². The lowest BCUT2D eigenvalue weighted by molar-refractivity contribution is -0.132. The summed E-state index contributed by atoms with van der Waals surface area (Å²) in [5.41, 5.74) is 4.84. The summed E-state index contributed by atoms with van der Waals surface area (Å²) in [4.78, 5) is 40.4. The smallest absolute Gasteiger partial charge is 0.308 e. The van der Waals surface area contributed by atoms with Gasteiger partial charge in [-0.3, -0.25) is 14.4 Å². The van der Waals surface area contributed by atoms with Gasteiger partial charge in [0, 0.05) is 18.8 Å². The van der Waals surface area contributed by atoms with Crippen LogP contribution in [0.1, 0.15) is 41.0 Å². The van der Waals surface area contributed by atoms with Crippen molar-refractivity contribution in [2.45, 2.75) is 18.8 Å². The molecule has 152 valence electrons. The SMILES string of the molecule is CC(=O)Oc1ccccc1N1C(=O)C2C3c4ccccc4C(c4ccccc43)C2C1=O. The standard InChI is InChI=1S/C26H19NO4/c1-14(28)31-20-13-7-6-12-19(20)27-25(29)23-21-15-8-2-3-9-16(15)22(24(23)26(27)30)18-11-5-4-10-17(18)21/h2-13,21-24H,1H3. The maximum atomic E-state index is 13.8. The monoisotopic (exact) mass is 409 g/mol. The summed E-state index contributed by atoms with van der Waals surface area (Å²) in [6, 6.07) is 23.0. The number of nitrogens with zero attached hydrogens (tertiary/aromatic N) is 1. The van der Waals surface area contributed by atoms with E-state index in [2.05, 4.69) is 24.3 Å². The number of anilines is 1. The molecule has 31 heavy (non-hydrogen) atoms. The number of benzene rings is 3. The lowest BCUT2D eigenvalue weighted by Gasteiger charge is -2.45. The van der Waals surface area contributed by atoms with Crippen LogP contribution in [0.5, 0.6) is 5.75 Å². The van der Waals surface area contributed by atoms with Gasteiger partial charge in [0.1, 0.15) is 0 Å². The van der Waals surface area contributed by atoms with E-state index in [0.29, 0.717) is 5.69 Å². The number of hydrogen-bond acceptors (Lipinski definition) is 4. The molecule has 0 saturated carbocycles. The quantitative estimate of drug-likeness (QED) is 0.365. The van der Waals surface area contributed by atoms with Gasteiger partial charge in [0.25, 0.3) is 0 Å². The molecule has 0 radical (unpaired) electrons. The van der Waals surface area contributed by atoms with Crippen LogP contribution < -0.4 is 9.64 Å². The number of ether oxygens (including phenoxy) is 1. The minimum Gasteiger partial charge on any atom is -0.424 e. The first-order chi connectivity index (χ1) is 15.1. The summed E-state index contributed by atoms with van der Waals surface area (Å²) in [6.07, 6.45) is 0. The van der Waals surface area contributed by atoms with Crippen LogP contribution in [0.4, 0.5) is 5.69 Å². The van der Waals surface area contributed by atoms with Crippen molar-refractivity contribution in [2.24, 2.45) is 11.8 Å². The molecule has 0 aromatic heterocycles. The highest BCUT2D eigenvalue weighted by atomic mass is 16.5. The van der Waals surface area contributed by atoms with Crippen molar-refractivity contribution < 1.29 is 19.1 Å². The number of rotatable bonds is 2. The fourth-order valence-corrected chi connectivity index (χ4v) is 5.80. The van der Waals surface area contributed by atoms with E-state index in [1.165, 1.54) is 11.8 Å². The average molecular weight is 409 g/mol. The second-order valence-electron chi connectivity index (χ2n) is 8.34. The third-order valence-electron chi connectivity index (χ3n) is 6.81. The molecule has 3 aromatic rings. The number of carbonyl (C=O) groups is 3. The third kappa shape index (κ3) is 2.34. The van der Waals surface area contributed by atoms with Crippen LogP contribution >= 0.6 is 0 Å². The van der Waals surface area contributed by atoms with Crippen LogP contribution in [0.25, 0.3) is 0 Å². The highest BCUT2D eigenvalue weighted by molar-refractivity contribution is 6.24. The molecule has 2 unspecified atom stereocenters. The Bertz CT molecular complexity index is 1160. The molecule has 2 amide bonds. The van der Waals surface area contributed by atoms with Gasteiger partial charge in [0.15, 0.2) is 5.75 Å². The van der Waals surface area contributed by atoms with Crippen LogP contribution in [-0.2, 0) is 14.4 Å². The topological polar surface area (TPSA) is 63.7 Å². The van der Waals surface area contributed by atoms with Gasteiger partial charge in [-0.05, 0) is 34.4 Å². The maximum Gasteiger partial charge on any atom is 0.308 e. The predicted molar refractivity (Wildman–Crippen MR) is 114 cm³/mol. The summed E-state index contributed by atoms with van der Waals surface area (Å²) in [7, 11) is 0. The summed E-state index contributed by atoms with van der Waals surface area (Å²) in [5.74, 6) is -1.99. The zero-order chi connectivity index (χ0) is 21.3. The molecule has 3 aliphatic carbocycles. The number of esters is 1. The number of imide groups is 1. The molecule has 0 N–H and O–H groups in total. The molecule has 3 aromatic carbocycles. The third-order valence-corrected chi connectivity index (χ3v) is 6.81. The number of para-hydroxylation sites is 2. The summed E-state index contributed by atoms with van der Waals surface area (Å²) < 4.78 is 5.32. The molecule has 4 aliphatic rings. The van der Waals surface area contributed by atoms with Crippen LogP contribution in [0.3, 0.4) is 0 Å². The summed E-state index contributed by atoms with van der Waals surface area (Å²) in [6.45, 7) is 1.30. The van der Waals surface area contributed by atoms with Gasteiger partial charge >= 0.3 is 5.97 Å². The van der Waals surface area contributed by atoms with E-state index in [1.807, 2.05) is 24.3 Å². The lowest BCUT2D eigenvalue weighted by Crippen LogP contribution is -2.41. The second-order valence-corrected chi connectivity index (χ2v) is 8.34. The van der Waals surface area contributed by atoms with Crippen molar-refractivity contribution in [2.75, 3.05) is 4.90 Å². The maximum absolute atomic E-state index is 13.8. The Morgan fingerprint density at radius 3 is 1.58 bits per heavy atom. The van der Waals surface area contributed by atoms with Crippen molar-refractivity contribution in [3.8, 4) is 5.75 Å². The molecule has 0 spiro atoms. The van der Waals surface area contributed by atoms with E-state index in [4.69, 9.17) is 4.74 Å². The molecule has 5 heteroatoms. The Morgan fingerprint density at radius 2 is 1.13 bits per heavy atom. The Balaban J connectivity index is 1.54. The van der Waals surface area contributed by atoms with E-state index in [9.17, 15) is 14.4 Å². The fraction of sp³-hybridized carbons (Fsp3) is 0.192. The zero-order valence-electron chi connectivity index (χ0n) is 16.8. The van der Waals surface area contributed by atoms with Crippen LogP contribution in [0.2, 0.25) is 0 Å². The number of carbonyl (C=O) groups excluding carboxylic acids is 3. The molecule has 2 bridgehead atoms. The summed E-state index contributed by atoms with van der Waals surface area (Å²) >= 11 is 0. The van der Waals surface area contributed by atoms with Crippen molar-refractivity contribution >= 4 is 23.5 Å². The average Bonchev–Trinajstić information content (AvgIpc) is 3.04. The van der Waals surface area contributed by atoms with Gasteiger partial charge in [-0.2, -0.15) is 0 Å². The summed E-state index contributed by atoms with van der Waals surface area (Å²) in [5, 5.41) is 0. The van der Waals surface area contributed by atoms with E-state index >= 15 is 0 Å². The largest absolute Gasteiger partial charge is 0.424 e. The number of hydrogen-bond donors (Lipinski definition) is 0. The normalized spacial score (nSPS) is 25.1. The highest BCUT2D eigenvalue weighted by Gasteiger charge is 2.62. The Hall–Kier alpha value is -3.73. The molecule has 1 fully saturated rings. The molecule has 7 rings (SSSR count). The molecular weight excluding hydrogens is 390 g/mol. The zero-order valence-corrected chi connectivity index (χ0v) is 16.8. The molecule has 1 aliphatic heterocycles. The van der Waals surface area contributed by atoms with Crippen molar-refractivity contribution in [1.29, 1.82) is 0 Å². The van der Waals surface area contributed by atoms with E-state index in [-0.39, 0.29) is 29.4 Å². The Kier molecular flexibility index (Phi) is 3.72. The minimum atomic E-state index is -0.496. The van der Waals surface area contributed by atoms with Crippen LogP contribution in [-0.4, -0.2) is 17.8 Å². The Labute approximate surface area is 179 Å². The molecule has 2 atom stereocenters. The molecular formula is C26H19NO4. The van der Waals surface area contributed by atoms with Gasteiger partial charge in [-0.15, -0.1) is 0 Å². The van der Waals surface area contributed by atoms with Gasteiger partial charge in [-0.25, -0.2) is 4.90 Å².